The van der Waals surface area contributed by atoms with Crippen molar-refractivity contribution in [3.8, 4) is 0 Å². The molecular formula is C18H32N2O8. The zero-order valence-corrected chi connectivity index (χ0v) is 17.5. The molecule has 1 saturated heterocycles. The Morgan fingerprint density at radius 1 is 1.21 bits per heavy atom. The van der Waals surface area contributed by atoms with E-state index in [-0.39, 0.29) is 6.61 Å². The summed E-state index contributed by atoms with van der Waals surface area (Å²) in [6, 6.07) is -2.34. The summed E-state index contributed by atoms with van der Waals surface area (Å²) in [6.07, 6.45) is -2.85. The van der Waals surface area contributed by atoms with Crippen molar-refractivity contribution in [2.45, 2.75) is 84.1 Å². The average Bonchev–Trinajstić information content (AvgIpc) is 2.84. The number of hydrogen-bond acceptors (Lipinski definition) is 9. The summed E-state index contributed by atoms with van der Waals surface area (Å²) in [5.41, 5.74) is 5.14. The number of carbonyl (C=O) groups excluding carboxylic acids is 3. The zero-order valence-electron chi connectivity index (χ0n) is 17.5. The van der Waals surface area contributed by atoms with Crippen LogP contribution in [-0.2, 0) is 28.5 Å². The Morgan fingerprint density at radius 2 is 1.79 bits per heavy atom. The van der Waals surface area contributed by atoms with Gasteiger partial charge < -0.3 is 35.1 Å². The van der Waals surface area contributed by atoms with Crippen LogP contribution in [0.25, 0.3) is 0 Å². The van der Waals surface area contributed by atoms with Crippen molar-refractivity contribution in [3.05, 3.63) is 0 Å². The quantitative estimate of drug-likeness (QED) is 0.424. The number of esters is 1. The van der Waals surface area contributed by atoms with Gasteiger partial charge in [0.1, 0.15) is 29.9 Å². The van der Waals surface area contributed by atoms with Gasteiger partial charge in [0.05, 0.1) is 6.61 Å². The second-order valence-electron chi connectivity index (χ2n) is 8.46. The van der Waals surface area contributed by atoms with Crippen LogP contribution in [0, 0.1) is 5.92 Å². The molecule has 0 unspecified atom stereocenters. The van der Waals surface area contributed by atoms with E-state index in [2.05, 4.69) is 10.1 Å². The summed E-state index contributed by atoms with van der Waals surface area (Å²) in [5, 5.41) is 11.9. The van der Waals surface area contributed by atoms with Crippen molar-refractivity contribution in [1.82, 2.24) is 5.32 Å². The van der Waals surface area contributed by atoms with Crippen LogP contribution in [0.2, 0.25) is 0 Å². The molecule has 1 aliphatic rings. The molecule has 1 rings (SSSR count). The highest BCUT2D eigenvalue weighted by Crippen LogP contribution is 2.29. The van der Waals surface area contributed by atoms with Crippen molar-refractivity contribution in [2.75, 3.05) is 6.61 Å². The fourth-order valence-corrected chi connectivity index (χ4v) is 2.62. The minimum Gasteiger partial charge on any atom is -0.428 e. The molecule has 10 heteroatoms. The fourth-order valence-electron chi connectivity index (χ4n) is 2.62. The van der Waals surface area contributed by atoms with E-state index in [1.165, 1.54) is 0 Å². The van der Waals surface area contributed by atoms with Gasteiger partial charge in [0, 0.05) is 0 Å². The highest BCUT2D eigenvalue weighted by molar-refractivity contribution is 5.91. The molecule has 4 atom stereocenters. The van der Waals surface area contributed by atoms with E-state index in [1.807, 2.05) is 0 Å². The first kappa shape index (κ1) is 24.3. The van der Waals surface area contributed by atoms with Crippen molar-refractivity contribution in [2.24, 2.45) is 11.7 Å². The summed E-state index contributed by atoms with van der Waals surface area (Å²) in [6.45, 7) is 11.1. The van der Waals surface area contributed by atoms with Gasteiger partial charge in [0.15, 0.2) is 5.79 Å². The predicted molar refractivity (Wildman–Crippen MR) is 98.0 cm³/mol. The molecule has 0 bridgehead atoms. The number of nitrogens with two attached hydrogens (primary N) is 1. The van der Waals surface area contributed by atoms with E-state index in [4.69, 9.17) is 19.9 Å². The summed E-state index contributed by atoms with van der Waals surface area (Å²) in [5.74, 6) is -3.07. The maximum Gasteiger partial charge on any atom is 0.516 e. The van der Waals surface area contributed by atoms with Gasteiger partial charge in [0.25, 0.3) is 0 Å². The van der Waals surface area contributed by atoms with Gasteiger partial charge in [-0.2, -0.15) is 0 Å². The molecule has 1 amide bonds. The first-order chi connectivity index (χ1) is 12.7. The van der Waals surface area contributed by atoms with E-state index < -0.39 is 59.6 Å². The molecule has 0 aliphatic carbocycles. The lowest BCUT2D eigenvalue weighted by molar-refractivity contribution is -0.154. The standard InChI is InChI=1S/C18H32N2O8/c1-9(2)12(15(23)25-16(24)28-17(3,4)5)20-14(22)11(19)13-10(8-21)26-18(6,7)27-13/h9-13,21H,8,19H2,1-7H3,(H,20,22)/t10-,11-,12-,13+/m0/s1. The van der Waals surface area contributed by atoms with Crippen LogP contribution in [0.4, 0.5) is 4.79 Å². The Labute approximate surface area is 165 Å². The van der Waals surface area contributed by atoms with Crippen molar-refractivity contribution < 1.29 is 38.4 Å². The molecule has 1 fully saturated rings. The second-order valence-corrected chi connectivity index (χ2v) is 8.46. The third kappa shape index (κ3) is 7.01. The van der Waals surface area contributed by atoms with Gasteiger partial charge in [-0.3, -0.25) is 4.79 Å². The zero-order chi connectivity index (χ0) is 21.9. The van der Waals surface area contributed by atoms with Gasteiger partial charge in [0.2, 0.25) is 5.91 Å². The van der Waals surface area contributed by atoms with Crippen LogP contribution < -0.4 is 11.1 Å². The summed E-state index contributed by atoms with van der Waals surface area (Å²) in [7, 11) is 0. The number of nitrogens with one attached hydrogen (secondary N) is 1. The van der Waals surface area contributed by atoms with Crippen LogP contribution in [0.3, 0.4) is 0 Å². The number of rotatable bonds is 6. The SMILES string of the molecule is CC(C)[C@H](NC(=O)[C@@H](N)[C@@H]1OC(C)(C)O[C@H]1CO)C(=O)OC(=O)OC(C)(C)C. The van der Waals surface area contributed by atoms with Gasteiger partial charge in [-0.05, 0) is 40.5 Å². The normalized spacial score (nSPS) is 23.8. The van der Waals surface area contributed by atoms with E-state index in [9.17, 15) is 19.5 Å². The summed E-state index contributed by atoms with van der Waals surface area (Å²) < 4.78 is 20.7. The molecule has 4 N–H and O–H groups in total. The largest absolute Gasteiger partial charge is 0.516 e. The number of amides is 1. The van der Waals surface area contributed by atoms with E-state index in [0.717, 1.165) is 0 Å². The maximum absolute atomic E-state index is 12.6. The molecule has 0 aromatic carbocycles. The highest BCUT2D eigenvalue weighted by atomic mass is 16.8. The van der Waals surface area contributed by atoms with E-state index in [1.54, 1.807) is 48.5 Å². The Balaban J connectivity index is 2.78. The van der Waals surface area contributed by atoms with E-state index in [0.29, 0.717) is 0 Å². The number of aliphatic hydroxyl groups is 1. The minimum atomic E-state index is -1.21. The third-order valence-electron chi connectivity index (χ3n) is 3.85. The van der Waals surface area contributed by atoms with Crippen LogP contribution in [0.5, 0.6) is 0 Å². The smallest absolute Gasteiger partial charge is 0.428 e. The number of hydrogen-bond donors (Lipinski definition) is 3. The van der Waals surface area contributed by atoms with Crippen molar-refractivity contribution >= 4 is 18.0 Å². The molecule has 0 radical (unpaired) electrons. The van der Waals surface area contributed by atoms with Crippen molar-refractivity contribution in [3.63, 3.8) is 0 Å². The molecule has 28 heavy (non-hydrogen) atoms. The maximum atomic E-state index is 12.6. The lowest BCUT2D eigenvalue weighted by atomic mass is 10.0. The monoisotopic (exact) mass is 404 g/mol. The summed E-state index contributed by atoms with van der Waals surface area (Å²) >= 11 is 0. The first-order valence-corrected chi connectivity index (χ1v) is 9.14. The Morgan fingerprint density at radius 3 is 2.25 bits per heavy atom. The number of carbonyl (C=O) groups is 3. The lowest BCUT2D eigenvalue weighted by Crippen LogP contribution is -2.57. The molecular weight excluding hydrogens is 372 g/mol. The van der Waals surface area contributed by atoms with Crippen LogP contribution in [0.1, 0.15) is 48.5 Å². The topological polar surface area (TPSA) is 146 Å². The predicted octanol–water partition coefficient (Wildman–Crippen LogP) is 0.445. The fraction of sp³-hybridized carbons (Fsp3) is 0.833. The van der Waals surface area contributed by atoms with Crippen LogP contribution >= 0.6 is 0 Å². The third-order valence-corrected chi connectivity index (χ3v) is 3.85. The molecule has 1 heterocycles. The second kappa shape index (κ2) is 9.17. The lowest BCUT2D eigenvalue weighted by Gasteiger charge is -2.26. The van der Waals surface area contributed by atoms with Gasteiger partial charge >= 0.3 is 12.1 Å². The van der Waals surface area contributed by atoms with Crippen LogP contribution in [-0.4, -0.2) is 65.4 Å². The van der Waals surface area contributed by atoms with Gasteiger partial charge in [-0.15, -0.1) is 0 Å². The molecule has 162 valence electrons. The molecule has 1 aliphatic heterocycles. The molecule has 10 nitrogen and oxygen atoms in total. The average molecular weight is 404 g/mol. The highest BCUT2D eigenvalue weighted by Gasteiger charge is 2.46. The van der Waals surface area contributed by atoms with E-state index >= 15 is 0 Å². The first-order valence-electron chi connectivity index (χ1n) is 9.14. The van der Waals surface area contributed by atoms with Gasteiger partial charge in [-0.1, -0.05) is 13.8 Å². The molecule has 0 spiro atoms. The number of aliphatic hydroxyl groups excluding tert-OH is 1. The Hall–Kier alpha value is -1.75. The Kier molecular flexibility index (Phi) is 7.95. The molecule has 0 aromatic rings. The van der Waals surface area contributed by atoms with Crippen LogP contribution in [0.15, 0.2) is 0 Å². The number of ether oxygens (including phenoxy) is 4. The minimum absolute atomic E-state index is 0.386. The van der Waals surface area contributed by atoms with Gasteiger partial charge in [-0.25, -0.2) is 9.59 Å². The summed E-state index contributed by atoms with van der Waals surface area (Å²) in [4.78, 5) is 36.6. The molecule has 0 aromatic heterocycles. The molecule has 0 saturated carbocycles. The van der Waals surface area contributed by atoms with Crippen molar-refractivity contribution in [1.29, 1.82) is 0 Å². The Bertz CT molecular complexity index is 585.